The fraction of sp³-hybridized carbons (Fsp3) is 0.529. The number of aromatic nitrogens is 2. The van der Waals surface area contributed by atoms with Crippen molar-refractivity contribution in [3.63, 3.8) is 0 Å². The fourth-order valence-corrected chi connectivity index (χ4v) is 3.19. The summed E-state index contributed by atoms with van der Waals surface area (Å²) >= 11 is 0. The molecule has 1 fully saturated rings. The molecule has 5 heteroatoms. The van der Waals surface area contributed by atoms with Crippen LogP contribution in [0.1, 0.15) is 37.7 Å². The van der Waals surface area contributed by atoms with Gasteiger partial charge in [0.05, 0.1) is 17.4 Å². The molecule has 5 nitrogen and oxygen atoms in total. The molecule has 118 valence electrons. The second-order valence-electron chi connectivity index (χ2n) is 6.20. The van der Waals surface area contributed by atoms with Crippen LogP contribution in [0.2, 0.25) is 0 Å². The first-order valence-corrected chi connectivity index (χ1v) is 8.11. The van der Waals surface area contributed by atoms with Gasteiger partial charge in [0.2, 0.25) is 5.91 Å². The van der Waals surface area contributed by atoms with Crippen molar-refractivity contribution in [2.75, 3.05) is 13.6 Å². The Morgan fingerprint density at radius 1 is 1.45 bits per heavy atom. The van der Waals surface area contributed by atoms with E-state index in [0.717, 1.165) is 29.6 Å². The van der Waals surface area contributed by atoms with Gasteiger partial charge < -0.3 is 15.2 Å². The quantitative estimate of drug-likeness (QED) is 0.891. The van der Waals surface area contributed by atoms with Gasteiger partial charge in [-0.25, -0.2) is 4.98 Å². The number of nitrogens with one attached hydrogen (secondary N) is 2. The summed E-state index contributed by atoms with van der Waals surface area (Å²) < 4.78 is 0. The molecule has 1 aromatic carbocycles. The summed E-state index contributed by atoms with van der Waals surface area (Å²) in [6, 6.07) is 6.60. The standard InChI is InChI=1S/C17H24N4O/c1-21-9-3-2-4-14(21)6-8-17(22)18-11-13-5-7-15-16(10-13)20-12-19-15/h5,7,10,12,14H,2-4,6,8-9,11H2,1H3,(H,18,22)(H,19,20)/t14-/m0/s1. The Labute approximate surface area is 131 Å². The van der Waals surface area contributed by atoms with Gasteiger partial charge in [-0.1, -0.05) is 12.5 Å². The van der Waals surface area contributed by atoms with Gasteiger partial charge in [0, 0.05) is 19.0 Å². The summed E-state index contributed by atoms with van der Waals surface area (Å²) in [5.41, 5.74) is 3.06. The van der Waals surface area contributed by atoms with E-state index >= 15 is 0 Å². The summed E-state index contributed by atoms with van der Waals surface area (Å²) in [4.78, 5) is 21.7. The van der Waals surface area contributed by atoms with Gasteiger partial charge in [0.15, 0.2) is 0 Å². The monoisotopic (exact) mass is 300 g/mol. The SMILES string of the molecule is CN1CCCC[C@H]1CCC(=O)NCc1ccc2nc[nH]c2c1. The molecule has 2 N–H and O–H groups in total. The lowest BCUT2D eigenvalue weighted by Crippen LogP contribution is -2.37. The molecular weight excluding hydrogens is 276 g/mol. The maximum absolute atomic E-state index is 12.0. The average Bonchev–Trinajstić information content (AvgIpc) is 2.99. The van der Waals surface area contributed by atoms with Crippen molar-refractivity contribution in [3.8, 4) is 0 Å². The van der Waals surface area contributed by atoms with Crippen molar-refractivity contribution < 1.29 is 4.79 Å². The van der Waals surface area contributed by atoms with Crippen LogP contribution in [0.15, 0.2) is 24.5 Å². The zero-order chi connectivity index (χ0) is 15.4. The molecule has 1 aliphatic heterocycles. The van der Waals surface area contributed by atoms with E-state index in [1.54, 1.807) is 6.33 Å². The number of fused-ring (bicyclic) bond motifs is 1. The van der Waals surface area contributed by atoms with Gasteiger partial charge >= 0.3 is 0 Å². The van der Waals surface area contributed by atoms with E-state index in [0.29, 0.717) is 19.0 Å². The number of aromatic amines is 1. The third-order valence-corrected chi connectivity index (χ3v) is 4.60. The number of H-pyrrole nitrogens is 1. The van der Waals surface area contributed by atoms with E-state index in [1.807, 2.05) is 18.2 Å². The molecule has 0 bridgehead atoms. The van der Waals surface area contributed by atoms with E-state index in [9.17, 15) is 4.79 Å². The topological polar surface area (TPSA) is 61.0 Å². The lowest BCUT2D eigenvalue weighted by Gasteiger charge is -2.32. The highest BCUT2D eigenvalue weighted by Gasteiger charge is 2.19. The number of carbonyl (C=O) groups is 1. The Hall–Kier alpha value is -1.88. The van der Waals surface area contributed by atoms with Crippen LogP contribution in [0.4, 0.5) is 0 Å². The minimum atomic E-state index is 0.142. The minimum absolute atomic E-state index is 0.142. The molecular formula is C17H24N4O. The number of likely N-dealkylation sites (tertiary alicyclic amines) is 1. The van der Waals surface area contributed by atoms with Crippen LogP contribution in [0.5, 0.6) is 0 Å². The van der Waals surface area contributed by atoms with Gasteiger partial charge in [-0.3, -0.25) is 4.79 Å². The summed E-state index contributed by atoms with van der Waals surface area (Å²) in [5.74, 6) is 0.142. The number of imidazole rings is 1. The third kappa shape index (κ3) is 3.65. The second-order valence-corrected chi connectivity index (χ2v) is 6.20. The number of hydrogen-bond acceptors (Lipinski definition) is 3. The van der Waals surface area contributed by atoms with Gasteiger partial charge in [0.1, 0.15) is 0 Å². The summed E-state index contributed by atoms with van der Waals surface area (Å²) in [6.07, 6.45) is 7.06. The molecule has 3 rings (SSSR count). The zero-order valence-corrected chi connectivity index (χ0v) is 13.1. The number of benzene rings is 1. The van der Waals surface area contributed by atoms with Gasteiger partial charge in [-0.2, -0.15) is 0 Å². The first-order chi connectivity index (χ1) is 10.7. The van der Waals surface area contributed by atoms with Crippen molar-refractivity contribution >= 4 is 16.9 Å². The number of carbonyl (C=O) groups excluding carboxylic acids is 1. The Morgan fingerprint density at radius 3 is 3.23 bits per heavy atom. The van der Waals surface area contributed by atoms with Crippen molar-refractivity contribution in [1.82, 2.24) is 20.2 Å². The largest absolute Gasteiger partial charge is 0.352 e. The molecule has 0 unspecified atom stereocenters. The molecule has 0 aliphatic carbocycles. The number of piperidine rings is 1. The molecule has 0 radical (unpaired) electrons. The maximum Gasteiger partial charge on any atom is 0.220 e. The lowest BCUT2D eigenvalue weighted by atomic mass is 9.98. The molecule has 1 saturated heterocycles. The average molecular weight is 300 g/mol. The van der Waals surface area contributed by atoms with Gasteiger partial charge in [-0.15, -0.1) is 0 Å². The summed E-state index contributed by atoms with van der Waals surface area (Å²) in [7, 11) is 2.17. The Bertz CT molecular complexity index is 636. The van der Waals surface area contributed by atoms with E-state index < -0.39 is 0 Å². The van der Waals surface area contributed by atoms with Crippen LogP contribution in [0.25, 0.3) is 11.0 Å². The second kappa shape index (κ2) is 6.92. The molecule has 0 saturated carbocycles. The number of hydrogen-bond donors (Lipinski definition) is 2. The van der Waals surface area contributed by atoms with E-state index in [2.05, 4.69) is 27.2 Å². The summed E-state index contributed by atoms with van der Waals surface area (Å²) in [6.45, 7) is 1.74. The van der Waals surface area contributed by atoms with Crippen molar-refractivity contribution in [1.29, 1.82) is 0 Å². The molecule has 0 spiro atoms. The molecule has 2 aromatic rings. The molecule has 1 aromatic heterocycles. The van der Waals surface area contributed by atoms with Crippen LogP contribution in [0.3, 0.4) is 0 Å². The molecule has 2 heterocycles. The Kier molecular flexibility index (Phi) is 4.73. The van der Waals surface area contributed by atoms with Crippen molar-refractivity contribution in [2.45, 2.75) is 44.7 Å². The number of nitrogens with zero attached hydrogens (tertiary/aromatic N) is 2. The van der Waals surface area contributed by atoms with Crippen LogP contribution < -0.4 is 5.32 Å². The summed E-state index contributed by atoms with van der Waals surface area (Å²) in [5, 5.41) is 3.02. The third-order valence-electron chi connectivity index (χ3n) is 4.60. The Balaban J connectivity index is 1.45. The van der Waals surface area contributed by atoms with E-state index in [1.165, 1.54) is 19.3 Å². The van der Waals surface area contributed by atoms with Crippen LogP contribution in [0, 0.1) is 0 Å². The fourth-order valence-electron chi connectivity index (χ4n) is 3.19. The highest BCUT2D eigenvalue weighted by atomic mass is 16.1. The molecule has 22 heavy (non-hydrogen) atoms. The minimum Gasteiger partial charge on any atom is -0.352 e. The lowest BCUT2D eigenvalue weighted by molar-refractivity contribution is -0.121. The highest BCUT2D eigenvalue weighted by Crippen LogP contribution is 2.19. The highest BCUT2D eigenvalue weighted by molar-refractivity contribution is 5.77. The van der Waals surface area contributed by atoms with Gasteiger partial charge in [-0.05, 0) is 50.6 Å². The number of amides is 1. The predicted molar refractivity (Wildman–Crippen MR) is 87.4 cm³/mol. The van der Waals surface area contributed by atoms with Crippen LogP contribution >= 0.6 is 0 Å². The van der Waals surface area contributed by atoms with Crippen molar-refractivity contribution in [3.05, 3.63) is 30.1 Å². The molecule has 1 aliphatic rings. The molecule has 1 atom stereocenters. The van der Waals surface area contributed by atoms with Crippen LogP contribution in [-0.2, 0) is 11.3 Å². The predicted octanol–water partition coefficient (Wildman–Crippen LogP) is 2.44. The first-order valence-electron chi connectivity index (χ1n) is 8.11. The van der Waals surface area contributed by atoms with Crippen molar-refractivity contribution in [2.24, 2.45) is 0 Å². The normalized spacial score (nSPS) is 19.4. The van der Waals surface area contributed by atoms with E-state index in [-0.39, 0.29) is 5.91 Å². The smallest absolute Gasteiger partial charge is 0.220 e. The number of rotatable bonds is 5. The maximum atomic E-state index is 12.0. The zero-order valence-electron chi connectivity index (χ0n) is 13.1. The Morgan fingerprint density at radius 2 is 2.36 bits per heavy atom. The van der Waals surface area contributed by atoms with Crippen LogP contribution in [-0.4, -0.2) is 40.4 Å². The molecule has 1 amide bonds. The first kappa shape index (κ1) is 15.0. The van der Waals surface area contributed by atoms with E-state index in [4.69, 9.17) is 0 Å². The van der Waals surface area contributed by atoms with Gasteiger partial charge in [0.25, 0.3) is 0 Å².